The lowest BCUT2D eigenvalue weighted by Gasteiger charge is -2.17. The normalized spacial score (nSPS) is 13.0. The minimum atomic E-state index is -3.65. The summed E-state index contributed by atoms with van der Waals surface area (Å²) >= 11 is 0. The van der Waals surface area contributed by atoms with E-state index in [1.807, 2.05) is 6.07 Å². The molecule has 1 aromatic carbocycles. The molecule has 0 heterocycles. The lowest BCUT2D eigenvalue weighted by atomic mass is 10.0. The summed E-state index contributed by atoms with van der Waals surface area (Å²) in [6, 6.07) is 8.49. The fourth-order valence-electron chi connectivity index (χ4n) is 3.18. The molecule has 0 amide bonds. The Morgan fingerprint density at radius 1 is 0.731 bits per heavy atom. The number of benzene rings is 1. The van der Waals surface area contributed by atoms with Gasteiger partial charge in [-0.1, -0.05) is 103 Å². The lowest BCUT2D eigenvalue weighted by Crippen LogP contribution is -2.19. The summed E-state index contributed by atoms with van der Waals surface area (Å²) in [7, 11) is -3.65. The van der Waals surface area contributed by atoms with E-state index in [-0.39, 0.29) is 11.0 Å². The van der Waals surface area contributed by atoms with E-state index >= 15 is 0 Å². The molecule has 0 radical (unpaired) electrons. The van der Waals surface area contributed by atoms with Crippen LogP contribution in [-0.4, -0.2) is 14.5 Å². The topological polar surface area (TPSA) is 43.4 Å². The van der Waals surface area contributed by atoms with Crippen molar-refractivity contribution in [3.63, 3.8) is 0 Å². The Bertz CT molecular complexity index is 540. The van der Waals surface area contributed by atoms with E-state index in [1.165, 1.54) is 51.4 Å². The first-order valence-corrected chi connectivity index (χ1v) is 12.0. The molecule has 0 aliphatic carbocycles. The van der Waals surface area contributed by atoms with E-state index in [1.54, 1.807) is 24.3 Å². The van der Waals surface area contributed by atoms with Gasteiger partial charge in [-0.3, -0.25) is 4.18 Å². The molecule has 1 aromatic rings. The van der Waals surface area contributed by atoms with Gasteiger partial charge in [-0.2, -0.15) is 8.42 Å². The average Bonchev–Trinajstić information content (AvgIpc) is 2.65. The highest BCUT2D eigenvalue weighted by Gasteiger charge is 2.21. The Labute approximate surface area is 161 Å². The standard InChI is InChI=1S/C22H38O3S/c1-3-5-7-8-9-10-11-12-14-18-21(17-6-4-2)25-26(23,24)22-19-15-13-16-20-22/h13,15-16,19-21H,3-12,14,17-18H2,1-2H3. The van der Waals surface area contributed by atoms with Gasteiger partial charge in [-0.05, 0) is 25.0 Å². The Hall–Kier alpha value is -0.870. The van der Waals surface area contributed by atoms with Crippen molar-refractivity contribution in [2.45, 2.75) is 108 Å². The molecule has 0 aliphatic heterocycles. The van der Waals surface area contributed by atoms with Gasteiger partial charge in [0.15, 0.2) is 0 Å². The third-order valence-corrected chi connectivity index (χ3v) is 6.18. The van der Waals surface area contributed by atoms with Gasteiger partial charge in [0.05, 0.1) is 11.0 Å². The Morgan fingerprint density at radius 2 is 1.23 bits per heavy atom. The minimum Gasteiger partial charge on any atom is -0.263 e. The average molecular weight is 383 g/mol. The van der Waals surface area contributed by atoms with E-state index in [2.05, 4.69) is 13.8 Å². The predicted octanol–water partition coefficient (Wildman–Crippen LogP) is 6.87. The highest BCUT2D eigenvalue weighted by atomic mass is 32.2. The van der Waals surface area contributed by atoms with Crippen LogP contribution in [0.15, 0.2) is 35.2 Å². The van der Waals surface area contributed by atoms with Crippen LogP contribution in [0.3, 0.4) is 0 Å². The zero-order valence-corrected chi connectivity index (χ0v) is 17.6. The molecular formula is C22H38O3S. The zero-order chi connectivity index (χ0) is 19.1. The first kappa shape index (κ1) is 23.2. The van der Waals surface area contributed by atoms with Crippen molar-refractivity contribution in [3.8, 4) is 0 Å². The van der Waals surface area contributed by atoms with Gasteiger partial charge >= 0.3 is 0 Å². The molecule has 26 heavy (non-hydrogen) atoms. The largest absolute Gasteiger partial charge is 0.297 e. The van der Waals surface area contributed by atoms with Crippen LogP contribution in [0.4, 0.5) is 0 Å². The molecule has 150 valence electrons. The Morgan fingerprint density at radius 3 is 1.81 bits per heavy atom. The summed E-state index contributed by atoms with van der Waals surface area (Å²) in [5.74, 6) is 0. The van der Waals surface area contributed by atoms with Crippen LogP contribution in [0.2, 0.25) is 0 Å². The van der Waals surface area contributed by atoms with Crippen molar-refractivity contribution >= 4 is 10.1 Å². The van der Waals surface area contributed by atoms with Crippen LogP contribution in [0, 0.1) is 0 Å². The fraction of sp³-hybridized carbons (Fsp3) is 0.727. The second-order valence-electron chi connectivity index (χ2n) is 7.24. The molecule has 0 bridgehead atoms. The maximum Gasteiger partial charge on any atom is 0.297 e. The maximum absolute atomic E-state index is 12.4. The molecule has 4 heteroatoms. The van der Waals surface area contributed by atoms with Gasteiger partial charge in [0, 0.05) is 0 Å². The number of hydrogen-bond acceptors (Lipinski definition) is 3. The summed E-state index contributed by atoms with van der Waals surface area (Å²) in [6.45, 7) is 4.37. The van der Waals surface area contributed by atoms with Crippen LogP contribution >= 0.6 is 0 Å². The molecule has 1 atom stereocenters. The van der Waals surface area contributed by atoms with Crippen molar-refractivity contribution < 1.29 is 12.6 Å². The highest BCUT2D eigenvalue weighted by molar-refractivity contribution is 7.86. The van der Waals surface area contributed by atoms with E-state index in [4.69, 9.17) is 4.18 Å². The third-order valence-electron chi connectivity index (χ3n) is 4.80. The van der Waals surface area contributed by atoms with E-state index in [0.717, 1.165) is 32.1 Å². The molecule has 0 aliphatic rings. The van der Waals surface area contributed by atoms with Crippen LogP contribution in [0.5, 0.6) is 0 Å². The van der Waals surface area contributed by atoms with Crippen LogP contribution < -0.4 is 0 Å². The molecule has 0 N–H and O–H groups in total. The number of rotatable bonds is 16. The molecular weight excluding hydrogens is 344 g/mol. The zero-order valence-electron chi connectivity index (χ0n) is 16.8. The van der Waals surface area contributed by atoms with Gasteiger partial charge in [0.1, 0.15) is 0 Å². The summed E-state index contributed by atoms with van der Waals surface area (Å²) < 4.78 is 30.5. The van der Waals surface area contributed by atoms with Gasteiger partial charge < -0.3 is 0 Å². The monoisotopic (exact) mass is 382 g/mol. The van der Waals surface area contributed by atoms with Crippen molar-refractivity contribution in [2.24, 2.45) is 0 Å². The third kappa shape index (κ3) is 10.3. The molecule has 0 saturated heterocycles. The molecule has 1 rings (SSSR count). The van der Waals surface area contributed by atoms with Crippen LogP contribution in [0.1, 0.15) is 97.3 Å². The molecule has 3 nitrogen and oxygen atoms in total. The summed E-state index contributed by atoms with van der Waals surface area (Å²) in [6.07, 6.45) is 15.0. The van der Waals surface area contributed by atoms with E-state index in [0.29, 0.717) is 0 Å². The van der Waals surface area contributed by atoms with Crippen molar-refractivity contribution in [1.29, 1.82) is 0 Å². The van der Waals surface area contributed by atoms with Crippen molar-refractivity contribution in [2.75, 3.05) is 0 Å². The second kappa shape index (κ2) is 14.2. The minimum absolute atomic E-state index is 0.190. The van der Waals surface area contributed by atoms with E-state index < -0.39 is 10.1 Å². The molecule has 0 spiro atoms. The Kier molecular flexibility index (Phi) is 12.7. The fourth-order valence-corrected chi connectivity index (χ4v) is 4.33. The highest BCUT2D eigenvalue weighted by Crippen LogP contribution is 2.21. The van der Waals surface area contributed by atoms with Crippen LogP contribution in [-0.2, 0) is 14.3 Å². The van der Waals surface area contributed by atoms with E-state index in [9.17, 15) is 8.42 Å². The summed E-state index contributed by atoms with van der Waals surface area (Å²) in [4.78, 5) is 0.258. The predicted molar refractivity (Wildman–Crippen MR) is 110 cm³/mol. The number of unbranched alkanes of at least 4 members (excludes halogenated alkanes) is 9. The van der Waals surface area contributed by atoms with Gasteiger partial charge in [-0.15, -0.1) is 0 Å². The Balaban J connectivity index is 2.33. The smallest absolute Gasteiger partial charge is 0.263 e. The molecule has 0 fully saturated rings. The first-order chi connectivity index (χ1) is 12.6. The molecule has 0 saturated carbocycles. The van der Waals surface area contributed by atoms with Gasteiger partial charge in [0.25, 0.3) is 10.1 Å². The van der Waals surface area contributed by atoms with Gasteiger partial charge in [-0.25, -0.2) is 0 Å². The summed E-state index contributed by atoms with van der Waals surface area (Å²) in [5, 5.41) is 0. The number of hydrogen-bond donors (Lipinski definition) is 0. The van der Waals surface area contributed by atoms with Crippen molar-refractivity contribution in [3.05, 3.63) is 30.3 Å². The van der Waals surface area contributed by atoms with Crippen LogP contribution in [0.25, 0.3) is 0 Å². The molecule has 0 aromatic heterocycles. The second-order valence-corrected chi connectivity index (χ2v) is 8.82. The maximum atomic E-state index is 12.4. The quantitative estimate of drug-likeness (QED) is 0.231. The SMILES string of the molecule is CCCCCCCCCCCC(CCCC)OS(=O)(=O)c1ccccc1. The van der Waals surface area contributed by atoms with Crippen molar-refractivity contribution in [1.82, 2.24) is 0 Å². The lowest BCUT2D eigenvalue weighted by molar-refractivity contribution is 0.181. The first-order valence-electron chi connectivity index (χ1n) is 10.6. The summed E-state index contributed by atoms with van der Waals surface area (Å²) in [5.41, 5.74) is 0. The molecule has 1 unspecified atom stereocenters. The van der Waals surface area contributed by atoms with Gasteiger partial charge in [0.2, 0.25) is 0 Å².